The number of anilines is 1. The molecule has 3 aromatic carbocycles. The van der Waals surface area contributed by atoms with E-state index < -0.39 is 41.3 Å². The summed E-state index contributed by atoms with van der Waals surface area (Å²) in [6, 6.07) is 21.8. The fourth-order valence-corrected chi connectivity index (χ4v) is 5.80. The van der Waals surface area contributed by atoms with Crippen molar-refractivity contribution in [1.29, 1.82) is 0 Å². The van der Waals surface area contributed by atoms with Crippen molar-refractivity contribution >= 4 is 29.2 Å². The van der Waals surface area contributed by atoms with Crippen LogP contribution in [-0.4, -0.2) is 34.8 Å². The molecule has 0 aliphatic heterocycles. The van der Waals surface area contributed by atoms with Gasteiger partial charge >= 0.3 is 5.97 Å². The van der Waals surface area contributed by atoms with Gasteiger partial charge in [0, 0.05) is 16.6 Å². The summed E-state index contributed by atoms with van der Waals surface area (Å²) in [5.74, 6) is -4.13. The van der Waals surface area contributed by atoms with Gasteiger partial charge in [-0.2, -0.15) is 0 Å². The van der Waals surface area contributed by atoms with Gasteiger partial charge in [-0.1, -0.05) is 67.1 Å². The maximum atomic E-state index is 13.8. The Morgan fingerprint density at radius 2 is 1.57 bits per heavy atom. The number of nitrogens with one attached hydrogen (secondary N) is 1. The van der Waals surface area contributed by atoms with E-state index in [1.165, 1.54) is 0 Å². The van der Waals surface area contributed by atoms with Crippen molar-refractivity contribution in [2.45, 2.75) is 31.0 Å². The van der Waals surface area contributed by atoms with Crippen LogP contribution in [0.4, 0.5) is 5.69 Å². The number of benzene rings is 3. The number of hydrogen-bond acceptors (Lipinski definition) is 4. The van der Waals surface area contributed by atoms with Crippen LogP contribution in [0.1, 0.15) is 41.5 Å². The van der Waals surface area contributed by atoms with Gasteiger partial charge in [0.25, 0.3) is 0 Å². The molecule has 0 aromatic heterocycles. The topological polar surface area (TPSA) is 95.9 Å². The highest BCUT2D eigenvalue weighted by Gasteiger charge is 2.64. The Balaban J connectivity index is 1.70. The third-order valence-corrected chi connectivity index (χ3v) is 7.46. The molecular formula is C28H26ClNO5. The normalized spacial score (nSPS) is 24.8. The lowest BCUT2D eigenvalue weighted by molar-refractivity contribution is -0.172. The molecule has 0 fully saturated rings. The number of carboxylic acids is 1. The van der Waals surface area contributed by atoms with Crippen LogP contribution >= 0.6 is 11.6 Å². The molecule has 0 radical (unpaired) electrons. The van der Waals surface area contributed by atoms with Crippen molar-refractivity contribution in [3.8, 4) is 0 Å². The van der Waals surface area contributed by atoms with E-state index in [1.54, 1.807) is 24.3 Å². The number of fused-ring (bicyclic) bond motifs is 1. The third kappa shape index (κ3) is 3.73. The van der Waals surface area contributed by atoms with Crippen molar-refractivity contribution < 1.29 is 24.5 Å². The fraction of sp³-hybridized carbons (Fsp3) is 0.286. The average molecular weight is 492 g/mol. The Morgan fingerprint density at radius 1 is 1.00 bits per heavy atom. The van der Waals surface area contributed by atoms with Crippen LogP contribution in [0.2, 0.25) is 5.02 Å². The molecule has 0 saturated heterocycles. The van der Waals surface area contributed by atoms with Gasteiger partial charge in [0.15, 0.2) is 0 Å². The number of hydrogen-bond donors (Lipinski definition) is 3. The van der Waals surface area contributed by atoms with E-state index in [4.69, 9.17) is 16.3 Å². The molecule has 3 unspecified atom stereocenters. The number of amides is 1. The van der Waals surface area contributed by atoms with Crippen molar-refractivity contribution in [3.05, 3.63) is 100 Å². The van der Waals surface area contributed by atoms with E-state index in [0.717, 1.165) is 22.3 Å². The Bertz CT molecular complexity index is 1230. The van der Waals surface area contributed by atoms with Gasteiger partial charge in [-0.05, 0) is 52.9 Å². The van der Waals surface area contributed by atoms with Crippen molar-refractivity contribution in [2.24, 2.45) is 11.8 Å². The molecule has 2 bridgehead atoms. The molecule has 7 heteroatoms. The first-order chi connectivity index (χ1) is 16.9. The molecule has 3 aromatic rings. The molecule has 0 spiro atoms. The van der Waals surface area contributed by atoms with Gasteiger partial charge in [0.05, 0.1) is 18.6 Å². The zero-order valence-electron chi connectivity index (χ0n) is 19.1. The molecule has 0 saturated carbocycles. The highest BCUT2D eigenvalue weighted by atomic mass is 35.5. The smallest absolute Gasteiger partial charge is 0.311 e. The van der Waals surface area contributed by atoms with E-state index in [0.29, 0.717) is 17.1 Å². The minimum Gasteiger partial charge on any atom is -0.481 e. The first-order valence-corrected chi connectivity index (χ1v) is 12.1. The highest BCUT2D eigenvalue weighted by molar-refractivity contribution is 6.30. The molecule has 6 nitrogen and oxygen atoms in total. The summed E-state index contributed by atoms with van der Waals surface area (Å²) in [6.45, 7) is 1.78. The monoisotopic (exact) mass is 491 g/mol. The maximum absolute atomic E-state index is 13.8. The van der Waals surface area contributed by atoms with E-state index in [1.807, 2.05) is 55.5 Å². The molecule has 180 valence electrons. The van der Waals surface area contributed by atoms with Gasteiger partial charge in [-0.25, -0.2) is 0 Å². The molecule has 3 aliphatic carbocycles. The molecule has 3 aliphatic rings. The Labute approximate surface area is 208 Å². The lowest BCUT2D eigenvalue weighted by Crippen LogP contribution is -2.59. The number of ether oxygens (including phenoxy) is 1. The molecule has 3 N–H and O–H groups in total. The maximum Gasteiger partial charge on any atom is 0.311 e. The quantitative estimate of drug-likeness (QED) is 0.442. The predicted octanol–water partition coefficient (Wildman–Crippen LogP) is 4.79. The van der Waals surface area contributed by atoms with Crippen LogP contribution in [-0.2, 0) is 19.9 Å². The third-order valence-electron chi connectivity index (χ3n) is 7.20. The van der Waals surface area contributed by atoms with Gasteiger partial charge in [0.2, 0.25) is 5.91 Å². The van der Waals surface area contributed by atoms with Crippen LogP contribution in [0.3, 0.4) is 0 Å². The Morgan fingerprint density at radius 3 is 2.11 bits per heavy atom. The number of carboxylic acid groups (broad SMARTS) is 1. The number of aliphatic hydroxyl groups is 1. The second-order valence-corrected chi connectivity index (χ2v) is 9.54. The zero-order valence-corrected chi connectivity index (χ0v) is 19.9. The summed E-state index contributed by atoms with van der Waals surface area (Å²) in [5, 5.41) is 24.4. The van der Waals surface area contributed by atoms with E-state index in [2.05, 4.69) is 5.32 Å². The molecule has 6 rings (SSSR count). The van der Waals surface area contributed by atoms with Gasteiger partial charge in [-0.15, -0.1) is 0 Å². The predicted molar refractivity (Wildman–Crippen MR) is 132 cm³/mol. The van der Waals surface area contributed by atoms with Crippen LogP contribution in [0.15, 0.2) is 72.8 Å². The summed E-state index contributed by atoms with van der Waals surface area (Å²) in [7, 11) is 0. The average Bonchev–Trinajstić information content (AvgIpc) is 2.88. The van der Waals surface area contributed by atoms with E-state index in [9.17, 15) is 19.8 Å². The van der Waals surface area contributed by atoms with Gasteiger partial charge in [0.1, 0.15) is 11.5 Å². The molecule has 0 heterocycles. The number of rotatable bonds is 7. The molecular weight excluding hydrogens is 466 g/mol. The second kappa shape index (κ2) is 9.11. The summed E-state index contributed by atoms with van der Waals surface area (Å²) in [6.07, 6.45) is -0.306. The number of carbonyl (C=O) groups is 2. The van der Waals surface area contributed by atoms with Crippen molar-refractivity contribution in [3.63, 3.8) is 0 Å². The van der Waals surface area contributed by atoms with Crippen LogP contribution in [0.25, 0.3) is 0 Å². The largest absolute Gasteiger partial charge is 0.481 e. The van der Waals surface area contributed by atoms with Gasteiger partial charge < -0.3 is 20.3 Å². The molecule has 1 amide bonds. The number of aliphatic carboxylic acids is 1. The summed E-state index contributed by atoms with van der Waals surface area (Å²) >= 11 is 5.99. The van der Waals surface area contributed by atoms with E-state index >= 15 is 0 Å². The van der Waals surface area contributed by atoms with Crippen LogP contribution < -0.4 is 5.32 Å². The second-order valence-electron chi connectivity index (χ2n) is 9.10. The first-order valence-electron chi connectivity index (χ1n) is 11.7. The Kier molecular flexibility index (Phi) is 6.13. The summed E-state index contributed by atoms with van der Waals surface area (Å²) in [4.78, 5) is 26.8. The minimum absolute atomic E-state index is 0.0564. The fourth-order valence-electron chi connectivity index (χ4n) is 5.67. The van der Waals surface area contributed by atoms with Crippen LogP contribution in [0.5, 0.6) is 0 Å². The van der Waals surface area contributed by atoms with Crippen molar-refractivity contribution in [2.75, 3.05) is 11.9 Å². The minimum atomic E-state index is -1.42. The standard InChI is InChI=1S/C28H26ClNO5/c1-2-18(31)15-35-28-21-9-5-3-7-19(21)23(20-8-4-6-10-22(20)28)24(25(28)27(33)34)26(32)30-17-13-11-16(29)12-14-17/h3-14,18,23-25,31H,2,15H2,1H3,(H,30,32)(H,33,34). The summed E-state index contributed by atoms with van der Waals surface area (Å²) < 4.78 is 6.46. The van der Waals surface area contributed by atoms with E-state index in [-0.39, 0.29) is 6.61 Å². The Hall–Kier alpha value is -3.19. The number of halogens is 1. The SMILES string of the molecule is CCC(O)COC12c3ccccc3C(c3ccccc31)C(C(=O)Nc1ccc(Cl)cc1)C2C(=O)O. The van der Waals surface area contributed by atoms with Gasteiger partial charge in [-0.3, -0.25) is 9.59 Å². The summed E-state index contributed by atoms with van der Waals surface area (Å²) in [5.41, 5.74) is 2.30. The molecule has 35 heavy (non-hydrogen) atoms. The highest BCUT2D eigenvalue weighted by Crippen LogP contribution is 2.62. The molecule has 3 atom stereocenters. The van der Waals surface area contributed by atoms with Crippen molar-refractivity contribution in [1.82, 2.24) is 0 Å². The lowest BCUT2D eigenvalue weighted by Gasteiger charge is -2.55. The first kappa shape index (κ1) is 23.5. The zero-order chi connectivity index (χ0) is 24.7. The lowest BCUT2D eigenvalue weighted by atomic mass is 9.51. The number of carbonyl (C=O) groups excluding carboxylic acids is 1. The van der Waals surface area contributed by atoms with Crippen LogP contribution in [0, 0.1) is 11.8 Å². The number of aliphatic hydroxyl groups excluding tert-OH is 1.